The summed E-state index contributed by atoms with van der Waals surface area (Å²) in [6.45, 7) is 11.2. The predicted molar refractivity (Wildman–Crippen MR) is 135 cm³/mol. The molecule has 0 saturated carbocycles. The zero-order valence-corrected chi connectivity index (χ0v) is 21.3. The number of nitrogens with zero attached hydrogens (tertiary/aromatic N) is 3. The molecule has 9 heteroatoms. The molecule has 0 amide bonds. The van der Waals surface area contributed by atoms with E-state index in [-0.39, 0.29) is 12.6 Å². The lowest BCUT2D eigenvalue weighted by atomic mass is 9.89. The number of ether oxygens (including phenoxy) is 3. The summed E-state index contributed by atoms with van der Waals surface area (Å²) in [5.41, 5.74) is 7.38. The van der Waals surface area contributed by atoms with Crippen LogP contribution in [0.5, 0.6) is 5.75 Å². The smallest absolute Gasteiger partial charge is 0.489 e. The monoisotopic (exact) mass is 487 g/mol. The number of likely N-dealkylation sites (tertiary alicyclic amines) is 2. The first-order valence-corrected chi connectivity index (χ1v) is 13.1. The molecule has 9 nitrogen and oxygen atoms in total. The molecule has 3 N–H and O–H groups in total. The molecule has 2 fully saturated rings. The number of nitrogens with one attached hydrogen (secondary N) is 1. The predicted octanol–water partition coefficient (Wildman–Crippen LogP) is 2.81. The second-order valence-electron chi connectivity index (χ2n) is 9.95. The van der Waals surface area contributed by atoms with Gasteiger partial charge in [-0.2, -0.15) is 0 Å². The SMILES string of the molecule is CCOC(=O)OC1(COc2ccc3c(c2)CN(C(=N)N)CC3)CCN(C2CCN(CC)CC2)CC1. The maximum absolute atomic E-state index is 12.3. The maximum atomic E-state index is 12.3. The van der Waals surface area contributed by atoms with Crippen molar-refractivity contribution in [2.45, 2.75) is 64.1 Å². The van der Waals surface area contributed by atoms with Gasteiger partial charge in [0, 0.05) is 45.1 Å². The third-order valence-electron chi connectivity index (χ3n) is 7.82. The first-order valence-electron chi connectivity index (χ1n) is 13.1. The van der Waals surface area contributed by atoms with Gasteiger partial charge in [-0.3, -0.25) is 10.3 Å². The number of carbonyl (C=O) groups is 1. The van der Waals surface area contributed by atoms with Crippen LogP contribution >= 0.6 is 0 Å². The van der Waals surface area contributed by atoms with Crippen LogP contribution < -0.4 is 10.5 Å². The van der Waals surface area contributed by atoms with Crippen LogP contribution in [0.15, 0.2) is 18.2 Å². The third kappa shape index (κ3) is 6.38. The number of nitrogens with two attached hydrogens (primary N) is 1. The van der Waals surface area contributed by atoms with Crippen molar-refractivity contribution >= 4 is 12.1 Å². The first-order chi connectivity index (χ1) is 16.9. The molecule has 1 aromatic carbocycles. The lowest BCUT2D eigenvalue weighted by Crippen LogP contribution is -2.54. The maximum Gasteiger partial charge on any atom is 0.508 e. The van der Waals surface area contributed by atoms with Gasteiger partial charge in [-0.25, -0.2) is 4.79 Å². The molecule has 4 rings (SSSR count). The molecule has 0 unspecified atom stereocenters. The highest BCUT2D eigenvalue weighted by Crippen LogP contribution is 2.32. The second kappa shape index (κ2) is 11.5. The van der Waals surface area contributed by atoms with Crippen molar-refractivity contribution in [1.82, 2.24) is 14.7 Å². The van der Waals surface area contributed by atoms with Gasteiger partial charge in [-0.05, 0) is 69.1 Å². The Balaban J connectivity index is 1.39. The highest BCUT2D eigenvalue weighted by Gasteiger charge is 2.41. The van der Waals surface area contributed by atoms with Crippen molar-refractivity contribution in [3.8, 4) is 5.75 Å². The average Bonchev–Trinajstić information content (AvgIpc) is 2.87. The van der Waals surface area contributed by atoms with Crippen LogP contribution in [-0.2, 0) is 22.4 Å². The number of rotatable bonds is 7. The fraction of sp³-hybridized carbons (Fsp3) is 0.692. The number of benzene rings is 1. The van der Waals surface area contributed by atoms with Crippen molar-refractivity contribution in [2.75, 3.05) is 52.5 Å². The first kappa shape index (κ1) is 25.6. The number of piperidine rings is 2. The summed E-state index contributed by atoms with van der Waals surface area (Å²) in [4.78, 5) is 19.2. The Hall–Kier alpha value is -2.52. The van der Waals surface area contributed by atoms with Crippen molar-refractivity contribution in [3.63, 3.8) is 0 Å². The summed E-state index contributed by atoms with van der Waals surface area (Å²) in [5.74, 6) is 0.839. The molecule has 0 bridgehead atoms. The molecular weight excluding hydrogens is 446 g/mol. The van der Waals surface area contributed by atoms with E-state index < -0.39 is 11.8 Å². The van der Waals surface area contributed by atoms with Crippen molar-refractivity contribution in [2.24, 2.45) is 5.73 Å². The van der Waals surface area contributed by atoms with E-state index in [0.717, 1.165) is 69.8 Å². The largest absolute Gasteiger partial charge is 0.508 e. The fourth-order valence-corrected chi connectivity index (χ4v) is 5.54. The van der Waals surface area contributed by atoms with Gasteiger partial charge in [0.05, 0.1) is 6.61 Å². The van der Waals surface area contributed by atoms with Gasteiger partial charge in [0.2, 0.25) is 0 Å². The molecular formula is C26H41N5O4. The van der Waals surface area contributed by atoms with Crippen LogP contribution in [0, 0.1) is 5.41 Å². The average molecular weight is 488 g/mol. The van der Waals surface area contributed by atoms with E-state index in [0.29, 0.717) is 19.2 Å². The molecule has 0 atom stereocenters. The molecule has 194 valence electrons. The van der Waals surface area contributed by atoms with Crippen LogP contribution in [0.2, 0.25) is 0 Å². The molecule has 3 aliphatic heterocycles. The van der Waals surface area contributed by atoms with Gasteiger partial charge in [0.15, 0.2) is 11.6 Å². The summed E-state index contributed by atoms with van der Waals surface area (Å²) >= 11 is 0. The Morgan fingerprint density at radius 2 is 1.86 bits per heavy atom. The summed E-state index contributed by atoms with van der Waals surface area (Å²) in [5, 5.41) is 7.74. The number of fused-ring (bicyclic) bond motifs is 1. The van der Waals surface area contributed by atoms with E-state index in [1.165, 1.54) is 18.4 Å². The Morgan fingerprint density at radius 3 is 2.51 bits per heavy atom. The summed E-state index contributed by atoms with van der Waals surface area (Å²) < 4.78 is 17.3. The molecule has 3 heterocycles. The highest BCUT2D eigenvalue weighted by molar-refractivity contribution is 5.75. The third-order valence-corrected chi connectivity index (χ3v) is 7.82. The Kier molecular flexibility index (Phi) is 8.38. The lowest BCUT2D eigenvalue weighted by molar-refractivity contribution is -0.0933. The zero-order valence-electron chi connectivity index (χ0n) is 21.3. The molecule has 35 heavy (non-hydrogen) atoms. The van der Waals surface area contributed by atoms with Crippen molar-refractivity contribution < 1.29 is 19.0 Å². The summed E-state index contributed by atoms with van der Waals surface area (Å²) in [6.07, 6.45) is 4.08. The molecule has 3 aliphatic rings. The molecule has 0 aliphatic carbocycles. The van der Waals surface area contributed by atoms with Crippen LogP contribution in [-0.4, -0.2) is 90.9 Å². The normalized spacial score (nSPS) is 21.3. The van der Waals surface area contributed by atoms with Gasteiger partial charge in [-0.1, -0.05) is 13.0 Å². The zero-order chi connectivity index (χ0) is 24.8. The minimum Gasteiger partial charge on any atom is -0.489 e. The summed E-state index contributed by atoms with van der Waals surface area (Å²) in [6, 6.07) is 6.70. The highest BCUT2D eigenvalue weighted by atomic mass is 16.7. The minimum absolute atomic E-state index is 0.0934. The second-order valence-corrected chi connectivity index (χ2v) is 9.95. The Morgan fingerprint density at radius 1 is 1.11 bits per heavy atom. The van der Waals surface area contributed by atoms with Gasteiger partial charge in [0.25, 0.3) is 0 Å². The molecule has 0 radical (unpaired) electrons. The standard InChI is InChI=1S/C26H41N5O4/c1-3-29-12-8-22(9-13-29)30-15-10-26(11-16-30,35-25(32)33-4-2)19-34-23-6-5-20-7-14-31(24(27)28)18-21(20)17-23/h5-6,17,22H,3-4,7-16,18-19H2,1-2H3,(H3,27,28). The van der Waals surface area contributed by atoms with Crippen LogP contribution in [0.25, 0.3) is 0 Å². The van der Waals surface area contributed by atoms with E-state index >= 15 is 0 Å². The van der Waals surface area contributed by atoms with Gasteiger partial charge in [0.1, 0.15) is 12.4 Å². The minimum atomic E-state index is -0.700. The van der Waals surface area contributed by atoms with E-state index in [2.05, 4.69) is 22.8 Å². The van der Waals surface area contributed by atoms with Crippen molar-refractivity contribution in [3.05, 3.63) is 29.3 Å². The number of hydrogen-bond donors (Lipinski definition) is 2. The van der Waals surface area contributed by atoms with Crippen LogP contribution in [0.3, 0.4) is 0 Å². The quantitative estimate of drug-likeness (QED) is 0.344. The van der Waals surface area contributed by atoms with Crippen LogP contribution in [0.1, 0.15) is 50.7 Å². The topological polar surface area (TPSA) is 104 Å². The van der Waals surface area contributed by atoms with E-state index in [4.69, 9.17) is 25.4 Å². The summed E-state index contributed by atoms with van der Waals surface area (Å²) in [7, 11) is 0. The molecule has 2 saturated heterocycles. The van der Waals surface area contributed by atoms with E-state index in [1.807, 2.05) is 17.0 Å². The van der Waals surface area contributed by atoms with Gasteiger partial charge >= 0.3 is 6.16 Å². The Labute approximate surface area is 209 Å². The van der Waals surface area contributed by atoms with Gasteiger partial charge in [-0.15, -0.1) is 0 Å². The number of guanidine groups is 1. The Bertz CT molecular complexity index is 878. The van der Waals surface area contributed by atoms with Crippen molar-refractivity contribution in [1.29, 1.82) is 5.41 Å². The number of carbonyl (C=O) groups excluding carboxylic acids is 1. The lowest BCUT2D eigenvalue weighted by Gasteiger charge is -2.45. The van der Waals surface area contributed by atoms with E-state index in [9.17, 15) is 4.79 Å². The number of hydrogen-bond acceptors (Lipinski definition) is 7. The fourth-order valence-electron chi connectivity index (χ4n) is 5.54. The molecule has 0 spiro atoms. The molecule has 0 aromatic heterocycles. The molecule has 1 aromatic rings. The van der Waals surface area contributed by atoms with Crippen LogP contribution in [0.4, 0.5) is 4.79 Å². The van der Waals surface area contributed by atoms with Gasteiger partial charge < -0.3 is 29.7 Å². The van der Waals surface area contributed by atoms with E-state index in [1.54, 1.807) is 6.92 Å².